The highest BCUT2D eigenvalue weighted by Crippen LogP contribution is 2.24. The van der Waals surface area contributed by atoms with Crippen LogP contribution in [0.3, 0.4) is 0 Å². The third-order valence-electron chi connectivity index (χ3n) is 3.93. The summed E-state index contributed by atoms with van der Waals surface area (Å²) in [6.45, 7) is 7.82. The fraction of sp³-hybridized carbons (Fsp3) is 0.227. The van der Waals surface area contributed by atoms with Gasteiger partial charge in [0.25, 0.3) is 11.8 Å². The first-order valence-electron chi connectivity index (χ1n) is 8.98. The molecule has 2 amide bonds. The molecular weight excluding hydrogens is 370 g/mol. The van der Waals surface area contributed by atoms with E-state index in [-0.39, 0.29) is 17.4 Å². The smallest absolute Gasteiger partial charge is 0.275 e. The van der Waals surface area contributed by atoms with Crippen molar-refractivity contribution >= 4 is 28.8 Å². The lowest BCUT2D eigenvalue weighted by atomic mass is 10.1. The molecule has 3 rings (SSSR count). The summed E-state index contributed by atoms with van der Waals surface area (Å²) in [5.74, 6) is -0.422. The van der Waals surface area contributed by atoms with Gasteiger partial charge in [-0.25, -0.2) is 4.98 Å². The molecular formula is C22H23N3O2S. The molecule has 0 aliphatic heterocycles. The summed E-state index contributed by atoms with van der Waals surface area (Å²) in [4.78, 5) is 29.1. The predicted molar refractivity (Wildman–Crippen MR) is 114 cm³/mol. The van der Waals surface area contributed by atoms with Gasteiger partial charge >= 0.3 is 0 Å². The fourth-order valence-electron chi connectivity index (χ4n) is 2.52. The van der Waals surface area contributed by atoms with E-state index in [1.54, 1.807) is 29.6 Å². The minimum atomic E-state index is -0.302. The molecule has 144 valence electrons. The van der Waals surface area contributed by atoms with Gasteiger partial charge in [-0.3, -0.25) is 9.59 Å². The number of carbonyl (C=O) groups is 2. The van der Waals surface area contributed by atoms with E-state index in [0.29, 0.717) is 16.9 Å². The summed E-state index contributed by atoms with van der Waals surface area (Å²) in [7, 11) is 0. The van der Waals surface area contributed by atoms with Crippen molar-refractivity contribution < 1.29 is 9.59 Å². The number of aromatic nitrogens is 1. The van der Waals surface area contributed by atoms with Crippen molar-refractivity contribution in [3.63, 3.8) is 0 Å². The first-order valence-corrected chi connectivity index (χ1v) is 9.86. The van der Waals surface area contributed by atoms with E-state index in [4.69, 9.17) is 0 Å². The minimum absolute atomic E-state index is 0.146. The molecule has 0 saturated carbocycles. The standard InChI is InChI=1S/C22H23N3O2S/c1-14-5-7-16(8-6-14)21-24-18(13-28-21)20(27)23-17-11-9-15(10-12-17)19(26)25-22(2,3)4/h5-13H,1-4H3,(H,23,27)(H,25,26). The van der Waals surface area contributed by atoms with Crippen LogP contribution in [-0.4, -0.2) is 22.3 Å². The highest BCUT2D eigenvalue weighted by Gasteiger charge is 2.16. The Morgan fingerprint density at radius 1 is 0.929 bits per heavy atom. The number of amides is 2. The molecule has 0 bridgehead atoms. The Morgan fingerprint density at radius 3 is 2.18 bits per heavy atom. The van der Waals surface area contributed by atoms with Gasteiger partial charge in [0.2, 0.25) is 0 Å². The second-order valence-corrected chi connectivity index (χ2v) is 8.50. The normalized spacial score (nSPS) is 11.1. The zero-order chi connectivity index (χ0) is 20.3. The number of nitrogens with one attached hydrogen (secondary N) is 2. The molecule has 0 saturated heterocycles. The highest BCUT2D eigenvalue weighted by molar-refractivity contribution is 7.13. The molecule has 2 N–H and O–H groups in total. The van der Waals surface area contributed by atoms with Gasteiger partial charge in [-0.15, -0.1) is 11.3 Å². The fourth-order valence-corrected chi connectivity index (χ4v) is 3.33. The quantitative estimate of drug-likeness (QED) is 0.662. The van der Waals surface area contributed by atoms with Crippen molar-refractivity contribution in [3.8, 4) is 10.6 Å². The van der Waals surface area contributed by atoms with Gasteiger partial charge in [-0.05, 0) is 52.0 Å². The van der Waals surface area contributed by atoms with Crippen LogP contribution in [0.5, 0.6) is 0 Å². The van der Waals surface area contributed by atoms with Gasteiger partial charge in [0.15, 0.2) is 0 Å². The summed E-state index contributed by atoms with van der Waals surface area (Å²) < 4.78 is 0. The molecule has 0 aliphatic carbocycles. The monoisotopic (exact) mass is 393 g/mol. The number of thiazole rings is 1. The van der Waals surface area contributed by atoms with Crippen LogP contribution < -0.4 is 10.6 Å². The molecule has 0 spiro atoms. The molecule has 5 nitrogen and oxygen atoms in total. The number of benzene rings is 2. The molecule has 0 atom stereocenters. The minimum Gasteiger partial charge on any atom is -0.347 e. The van der Waals surface area contributed by atoms with Crippen LogP contribution in [0.1, 0.15) is 47.2 Å². The molecule has 2 aromatic carbocycles. The lowest BCUT2D eigenvalue weighted by molar-refractivity contribution is 0.0919. The summed E-state index contributed by atoms with van der Waals surface area (Å²) in [5, 5.41) is 8.28. The second kappa shape index (κ2) is 7.94. The Bertz CT molecular complexity index is 984. The number of hydrogen-bond acceptors (Lipinski definition) is 4. The van der Waals surface area contributed by atoms with Crippen molar-refractivity contribution in [3.05, 3.63) is 70.7 Å². The first-order chi connectivity index (χ1) is 13.2. The Hall–Kier alpha value is -2.99. The Kier molecular flexibility index (Phi) is 5.61. The number of hydrogen-bond donors (Lipinski definition) is 2. The van der Waals surface area contributed by atoms with E-state index >= 15 is 0 Å². The van der Waals surface area contributed by atoms with Gasteiger partial charge in [-0.2, -0.15) is 0 Å². The predicted octanol–water partition coefficient (Wildman–Crippen LogP) is 4.90. The van der Waals surface area contributed by atoms with E-state index in [9.17, 15) is 9.59 Å². The molecule has 0 radical (unpaired) electrons. The number of carbonyl (C=O) groups excluding carboxylic acids is 2. The van der Waals surface area contributed by atoms with E-state index in [0.717, 1.165) is 10.6 Å². The van der Waals surface area contributed by atoms with Crippen LogP contribution in [0.15, 0.2) is 53.9 Å². The van der Waals surface area contributed by atoms with E-state index in [1.165, 1.54) is 16.9 Å². The maximum absolute atomic E-state index is 12.5. The van der Waals surface area contributed by atoms with Crippen LogP contribution in [0.4, 0.5) is 5.69 Å². The number of anilines is 1. The van der Waals surface area contributed by atoms with Crippen molar-refractivity contribution in [1.82, 2.24) is 10.3 Å². The maximum atomic E-state index is 12.5. The zero-order valence-electron chi connectivity index (χ0n) is 16.4. The largest absolute Gasteiger partial charge is 0.347 e. The Morgan fingerprint density at radius 2 is 1.57 bits per heavy atom. The Balaban J connectivity index is 1.66. The molecule has 1 heterocycles. The van der Waals surface area contributed by atoms with Crippen LogP contribution in [-0.2, 0) is 0 Å². The number of nitrogens with zero attached hydrogens (tertiary/aromatic N) is 1. The molecule has 6 heteroatoms. The summed E-state index contributed by atoms with van der Waals surface area (Å²) in [6.07, 6.45) is 0. The van der Waals surface area contributed by atoms with Crippen molar-refractivity contribution in [1.29, 1.82) is 0 Å². The van der Waals surface area contributed by atoms with E-state index in [2.05, 4.69) is 15.6 Å². The van der Waals surface area contributed by atoms with Crippen molar-refractivity contribution in [2.45, 2.75) is 33.2 Å². The highest BCUT2D eigenvalue weighted by atomic mass is 32.1. The van der Waals surface area contributed by atoms with Gasteiger partial charge in [0, 0.05) is 27.7 Å². The summed E-state index contributed by atoms with van der Waals surface area (Å²) in [5.41, 5.74) is 3.39. The molecule has 1 aromatic heterocycles. The second-order valence-electron chi connectivity index (χ2n) is 7.64. The molecule has 0 unspecified atom stereocenters. The molecule has 28 heavy (non-hydrogen) atoms. The van der Waals surface area contributed by atoms with Crippen molar-refractivity contribution in [2.24, 2.45) is 0 Å². The third-order valence-corrected chi connectivity index (χ3v) is 4.82. The lowest BCUT2D eigenvalue weighted by Crippen LogP contribution is -2.40. The van der Waals surface area contributed by atoms with E-state index in [1.807, 2.05) is 52.0 Å². The SMILES string of the molecule is Cc1ccc(-c2nc(C(=O)Nc3ccc(C(=O)NC(C)(C)C)cc3)cs2)cc1. The number of aryl methyl sites for hydroxylation is 1. The number of rotatable bonds is 4. The average Bonchev–Trinajstić information content (AvgIpc) is 3.12. The lowest BCUT2D eigenvalue weighted by Gasteiger charge is -2.20. The van der Waals surface area contributed by atoms with Gasteiger partial charge < -0.3 is 10.6 Å². The molecule has 0 aliphatic rings. The third kappa shape index (κ3) is 5.04. The van der Waals surface area contributed by atoms with Gasteiger partial charge in [0.05, 0.1) is 0 Å². The van der Waals surface area contributed by atoms with Crippen LogP contribution in [0, 0.1) is 6.92 Å². The van der Waals surface area contributed by atoms with Crippen LogP contribution in [0.25, 0.3) is 10.6 Å². The van der Waals surface area contributed by atoms with Crippen LogP contribution in [0.2, 0.25) is 0 Å². The van der Waals surface area contributed by atoms with E-state index < -0.39 is 0 Å². The summed E-state index contributed by atoms with van der Waals surface area (Å²) in [6, 6.07) is 14.8. The van der Waals surface area contributed by atoms with Crippen LogP contribution >= 0.6 is 11.3 Å². The topological polar surface area (TPSA) is 71.1 Å². The van der Waals surface area contributed by atoms with Gasteiger partial charge in [0.1, 0.15) is 10.7 Å². The Labute approximate surface area is 168 Å². The van der Waals surface area contributed by atoms with Crippen molar-refractivity contribution in [2.75, 3.05) is 5.32 Å². The first kappa shape index (κ1) is 19.8. The van der Waals surface area contributed by atoms with Gasteiger partial charge in [-0.1, -0.05) is 29.8 Å². The molecule has 0 fully saturated rings. The summed E-state index contributed by atoms with van der Waals surface area (Å²) >= 11 is 1.43. The molecule has 3 aromatic rings. The average molecular weight is 394 g/mol. The maximum Gasteiger partial charge on any atom is 0.275 e. The zero-order valence-corrected chi connectivity index (χ0v) is 17.2.